The van der Waals surface area contributed by atoms with E-state index in [4.69, 9.17) is 5.73 Å². The maximum atomic E-state index is 6.29. The number of nitrogens with two attached hydrogens (primary N) is 1. The van der Waals surface area contributed by atoms with E-state index in [1.807, 2.05) is 0 Å². The summed E-state index contributed by atoms with van der Waals surface area (Å²) in [4.78, 5) is 2.41. The van der Waals surface area contributed by atoms with Gasteiger partial charge in [-0.15, -0.1) is 0 Å². The molecule has 0 spiro atoms. The second kappa shape index (κ2) is 5.99. The average Bonchev–Trinajstić information content (AvgIpc) is 2.80. The molecule has 3 N–H and O–H groups in total. The van der Waals surface area contributed by atoms with E-state index < -0.39 is 0 Å². The molecule has 0 aromatic carbocycles. The molecule has 3 heteroatoms. The van der Waals surface area contributed by atoms with Crippen molar-refractivity contribution in [1.29, 1.82) is 0 Å². The van der Waals surface area contributed by atoms with Crippen LogP contribution in [0.4, 0.5) is 0 Å². The Morgan fingerprint density at radius 3 is 2.44 bits per heavy atom. The molecule has 1 saturated heterocycles. The molecule has 1 aliphatic heterocycles. The molecule has 1 heterocycles. The van der Waals surface area contributed by atoms with Crippen molar-refractivity contribution in [2.75, 3.05) is 26.7 Å². The van der Waals surface area contributed by atoms with E-state index in [0.717, 1.165) is 18.5 Å². The minimum atomic E-state index is 0.370. The fourth-order valence-electron chi connectivity index (χ4n) is 3.06. The second-order valence-corrected chi connectivity index (χ2v) is 5.69. The van der Waals surface area contributed by atoms with Crippen LogP contribution in [0.1, 0.15) is 38.5 Å². The lowest BCUT2D eigenvalue weighted by molar-refractivity contribution is 0.195. The minimum absolute atomic E-state index is 0.370. The molecule has 0 aromatic rings. The zero-order valence-electron chi connectivity index (χ0n) is 10.6. The van der Waals surface area contributed by atoms with Gasteiger partial charge in [-0.2, -0.15) is 0 Å². The zero-order valence-corrected chi connectivity index (χ0v) is 10.6. The molecule has 1 saturated carbocycles. The zero-order chi connectivity index (χ0) is 11.4. The van der Waals surface area contributed by atoms with Crippen LogP contribution in [-0.2, 0) is 0 Å². The van der Waals surface area contributed by atoms with E-state index in [9.17, 15) is 0 Å². The molecule has 3 nitrogen and oxygen atoms in total. The molecule has 1 unspecified atom stereocenters. The van der Waals surface area contributed by atoms with Crippen LogP contribution in [0.25, 0.3) is 0 Å². The summed E-state index contributed by atoms with van der Waals surface area (Å²) in [5, 5.41) is 3.65. The molecule has 1 atom stereocenters. The lowest BCUT2D eigenvalue weighted by atomic mass is 9.90. The minimum Gasteiger partial charge on any atom is -0.326 e. The van der Waals surface area contributed by atoms with Gasteiger partial charge in [-0.1, -0.05) is 12.8 Å². The van der Waals surface area contributed by atoms with E-state index in [1.54, 1.807) is 0 Å². The Bertz CT molecular complexity index is 193. The summed E-state index contributed by atoms with van der Waals surface area (Å²) in [7, 11) is 2.21. The van der Waals surface area contributed by atoms with E-state index in [-0.39, 0.29) is 0 Å². The van der Waals surface area contributed by atoms with Gasteiger partial charge in [0, 0.05) is 18.6 Å². The lowest BCUT2D eigenvalue weighted by Gasteiger charge is -2.33. The van der Waals surface area contributed by atoms with Gasteiger partial charge in [0.15, 0.2) is 0 Å². The molecule has 0 radical (unpaired) electrons. The fraction of sp³-hybridized carbons (Fsp3) is 1.00. The first-order valence-electron chi connectivity index (χ1n) is 6.93. The third kappa shape index (κ3) is 3.44. The molecule has 0 bridgehead atoms. The van der Waals surface area contributed by atoms with E-state index in [0.29, 0.717) is 6.04 Å². The Kier molecular flexibility index (Phi) is 4.62. The third-order valence-corrected chi connectivity index (χ3v) is 4.37. The molecule has 16 heavy (non-hydrogen) atoms. The van der Waals surface area contributed by atoms with Crippen molar-refractivity contribution in [2.45, 2.75) is 50.6 Å². The first kappa shape index (κ1) is 12.3. The van der Waals surface area contributed by atoms with Crippen LogP contribution in [0.3, 0.4) is 0 Å². The van der Waals surface area contributed by atoms with Crippen LogP contribution < -0.4 is 11.1 Å². The largest absolute Gasteiger partial charge is 0.326 e. The Morgan fingerprint density at radius 1 is 1.19 bits per heavy atom. The Balaban J connectivity index is 1.64. The first-order chi connectivity index (χ1) is 7.75. The summed E-state index contributed by atoms with van der Waals surface area (Å²) in [5.41, 5.74) is 6.29. The number of hydrogen-bond donors (Lipinski definition) is 2. The number of hydrogen-bond acceptors (Lipinski definition) is 3. The summed E-state index contributed by atoms with van der Waals surface area (Å²) in [6, 6.07) is 1.13. The summed E-state index contributed by atoms with van der Waals surface area (Å²) in [5.74, 6) is 0.741. The Morgan fingerprint density at radius 2 is 1.81 bits per heavy atom. The molecule has 0 aromatic heterocycles. The number of piperidine rings is 1. The number of likely N-dealkylation sites (tertiary alicyclic amines) is 1. The molecule has 2 fully saturated rings. The van der Waals surface area contributed by atoms with Gasteiger partial charge in [0.25, 0.3) is 0 Å². The van der Waals surface area contributed by atoms with Gasteiger partial charge in [-0.25, -0.2) is 0 Å². The smallest absolute Gasteiger partial charge is 0.0194 e. The van der Waals surface area contributed by atoms with Gasteiger partial charge < -0.3 is 16.0 Å². The van der Waals surface area contributed by atoms with Crippen LogP contribution in [-0.4, -0.2) is 43.7 Å². The first-order valence-corrected chi connectivity index (χ1v) is 6.93. The highest BCUT2D eigenvalue weighted by atomic mass is 15.1. The average molecular weight is 225 g/mol. The highest BCUT2D eigenvalue weighted by Gasteiger charge is 2.23. The van der Waals surface area contributed by atoms with E-state index in [1.165, 1.54) is 51.6 Å². The van der Waals surface area contributed by atoms with E-state index >= 15 is 0 Å². The summed E-state index contributed by atoms with van der Waals surface area (Å²) in [6.45, 7) is 3.47. The van der Waals surface area contributed by atoms with Crippen LogP contribution in [0.5, 0.6) is 0 Å². The molecule has 1 aliphatic carbocycles. The van der Waals surface area contributed by atoms with Gasteiger partial charge in [0.1, 0.15) is 0 Å². The standard InChI is InChI=1S/C13H27N3/c1-16-8-6-11(7-9-16)13(14)10-15-12-4-2-3-5-12/h11-13,15H,2-10,14H2,1H3. The van der Waals surface area contributed by atoms with Crippen LogP contribution in [0.2, 0.25) is 0 Å². The Labute approximate surface area is 99.8 Å². The predicted molar refractivity (Wildman–Crippen MR) is 68.5 cm³/mol. The highest BCUT2D eigenvalue weighted by molar-refractivity contribution is 4.82. The predicted octanol–water partition coefficient (Wildman–Crippen LogP) is 1.19. The SMILES string of the molecule is CN1CCC(C(N)CNC2CCCC2)CC1. The van der Waals surface area contributed by atoms with Gasteiger partial charge in [0.2, 0.25) is 0 Å². The molecule has 94 valence electrons. The van der Waals surface area contributed by atoms with Gasteiger partial charge in [-0.3, -0.25) is 0 Å². The topological polar surface area (TPSA) is 41.3 Å². The van der Waals surface area contributed by atoms with Crippen LogP contribution in [0.15, 0.2) is 0 Å². The van der Waals surface area contributed by atoms with Crippen molar-refractivity contribution in [3.63, 3.8) is 0 Å². The monoisotopic (exact) mass is 225 g/mol. The highest BCUT2D eigenvalue weighted by Crippen LogP contribution is 2.20. The Hall–Kier alpha value is -0.120. The fourth-order valence-corrected chi connectivity index (χ4v) is 3.06. The molecule has 0 amide bonds. The summed E-state index contributed by atoms with van der Waals surface area (Å²) < 4.78 is 0. The van der Waals surface area contributed by atoms with Crippen molar-refractivity contribution in [3.05, 3.63) is 0 Å². The lowest BCUT2D eigenvalue weighted by Crippen LogP contribution is -2.46. The van der Waals surface area contributed by atoms with E-state index in [2.05, 4.69) is 17.3 Å². The normalized spacial score (nSPS) is 27.4. The van der Waals surface area contributed by atoms with Crippen molar-refractivity contribution in [3.8, 4) is 0 Å². The quantitative estimate of drug-likeness (QED) is 0.755. The number of nitrogens with one attached hydrogen (secondary N) is 1. The second-order valence-electron chi connectivity index (χ2n) is 5.69. The van der Waals surface area contributed by atoms with Gasteiger partial charge >= 0.3 is 0 Å². The number of nitrogens with zero attached hydrogens (tertiary/aromatic N) is 1. The van der Waals surface area contributed by atoms with Crippen molar-refractivity contribution >= 4 is 0 Å². The van der Waals surface area contributed by atoms with Gasteiger partial charge in [-0.05, 0) is 51.7 Å². The third-order valence-electron chi connectivity index (χ3n) is 4.37. The van der Waals surface area contributed by atoms with Crippen molar-refractivity contribution < 1.29 is 0 Å². The molecule has 2 rings (SSSR count). The van der Waals surface area contributed by atoms with Crippen molar-refractivity contribution in [2.24, 2.45) is 11.7 Å². The molecule has 2 aliphatic rings. The maximum absolute atomic E-state index is 6.29. The molecular formula is C13H27N3. The maximum Gasteiger partial charge on any atom is 0.0194 e. The molecular weight excluding hydrogens is 198 g/mol. The van der Waals surface area contributed by atoms with Crippen LogP contribution in [0, 0.1) is 5.92 Å². The van der Waals surface area contributed by atoms with Crippen molar-refractivity contribution in [1.82, 2.24) is 10.2 Å². The summed E-state index contributed by atoms with van der Waals surface area (Å²) in [6.07, 6.45) is 8.09. The summed E-state index contributed by atoms with van der Waals surface area (Å²) >= 11 is 0. The number of rotatable bonds is 4. The van der Waals surface area contributed by atoms with Crippen LogP contribution >= 0.6 is 0 Å². The van der Waals surface area contributed by atoms with Gasteiger partial charge in [0.05, 0.1) is 0 Å².